The van der Waals surface area contributed by atoms with Gasteiger partial charge in [0.25, 0.3) is 0 Å². The first kappa shape index (κ1) is 22.8. The minimum Gasteiger partial charge on any atom is -0.309 e. The minimum atomic E-state index is 0.752. The SMILES string of the molecule is Clc1ccc2c(c1)c1ccc(-c3cccc(C4=CC=CCC4)c3)cc1n2-c1ccc(-c2ccccc2)cc1. The molecule has 0 unspecified atom stereocenters. The molecule has 5 aromatic carbocycles. The number of hydrogen-bond acceptors (Lipinski definition) is 0. The van der Waals surface area contributed by atoms with Gasteiger partial charge in [0, 0.05) is 21.5 Å². The number of hydrogen-bond donors (Lipinski definition) is 0. The zero-order chi connectivity index (χ0) is 25.5. The van der Waals surface area contributed by atoms with Crippen molar-refractivity contribution in [1.29, 1.82) is 0 Å². The molecular weight excluding hydrogens is 482 g/mol. The van der Waals surface area contributed by atoms with Gasteiger partial charge in [0.1, 0.15) is 0 Å². The number of allylic oxidation sites excluding steroid dienone is 4. The van der Waals surface area contributed by atoms with E-state index in [9.17, 15) is 0 Å². The van der Waals surface area contributed by atoms with Crippen LogP contribution in [0.15, 0.2) is 133 Å². The summed E-state index contributed by atoms with van der Waals surface area (Å²) in [6, 6.07) is 41.3. The summed E-state index contributed by atoms with van der Waals surface area (Å²) < 4.78 is 2.36. The maximum Gasteiger partial charge on any atom is 0.0547 e. The fourth-order valence-corrected chi connectivity index (χ4v) is 5.80. The summed E-state index contributed by atoms with van der Waals surface area (Å²) in [6.45, 7) is 0. The number of fused-ring (bicyclic) bond motifs is 3. The van der Waals surface area contributed by atoms with E-state index < -0.39 is 0 Å². The van der Waals surface area contributed by atoms with Crippen LogP contribution in [0.2, 0.25) is 5.02 Å². The zero-order valence-electron chi connectivity index (χ0n) is 20.9. The van der Waals surface area contributed by atoms with Crippen molar-refractivity contribution in [3.05, 3.63) is 144 Å². The van der Waals surface area contributed by atoms with Crippen molar-refractivity contribution in [2.45, 2.75) is 12.8 Å². The summed E-state index contributed by atoms with van der Waals surface area (Å²) in [4.78, 5) is 0. The Morgan fingerprint density at radius 1 is 0.553 bits per heavy atom. The van der Waals surface area contributed by atoms with E-state index in [0.29, 0.717) is 0 Å². The molecule has 1 aliphatic carbocycles. The van der Waals surface area contributed by atoms with Crippen molar-refractivity contribution in [3.8, 4) is 27.9 Å². The van der Waals surface area contributed by atoms with E-state index in [0.717, 1.165) is 29.1 Å². The van der Waals surface area contributed by atoms with Crippen LogP contribution in [-0.2, 0) is 0 Å². The third-order valence-electron chi connectivity index (χ3n) is 7.54. The average Bonchev–Trinajstić information content (AvgIpc) is 3.31. The highest BCUT2D eigenvalue weighted by Gasteiger charge is 2.15. The lowest BCUT2D eigenvalue weighted by molar-refractivity contribution is 1.05. The van der Waals surface area contributed by atoms with Gasteiger partial charge in [-0.2, -0.15) is 0 Å². The second kappa shape index (κ2) is 9.52. The second-order valence-electron chi connectivity index (χ2n) is 9.88. The van der Waals surface area contributed by atoms with Crippen LogP contribution in [0, 0.1) is 0 Å². The smallest absolute Gasteiger partial charge is 0.0547 e. The Labute approximate surface area is 227 Å². The average molecular weight is 508 g/mol. The van der Waals surface area contributed by atoms with Crippen molar-refractivity contribution in [1.82, 2.24) is 4.57 Å². The molecule has 2 heteroatoms. The standard InChI is InChI=1S/C36H26ClN/c37-31-17-21-35-34(24-31)33-20-16-30(29-13-7-12-28(22-29)26-10-5-2-6-11-26)23-36(33)38(35)32-18-14-27(15-19-32)25-8-3-1-4-9-25/h1-5,7-10,12-24H,6,11H2. The van der Waals surface area contributed by atoms with Crippen molar-refractivity contribution in [3.63, 3.8) is 0 Å². The van der Waals surface area contributed by atoms with Gasteiger partial charge in [0.2, 0.25) is 0 Å². The van der Waals surface area contributed by atoms with Crippen LogP contribution in [0.5, 0.6) is 0 Å². The first-order valence-corrected chi connectivity index (χ1v) is 13.5. The molecule has 0 amide bonds. The lowest BCUT2D eigenvalue weighted by atomic mass is 9.94. The zero-order valence-corrected chi connectivity index (χ0v) is 21.7. The van der Waals surface area contributed by atoms with E-state index in [2.05, 4.69) is 132 Å². The molecule has 7 rings (SSSR count). The van der Waals surface area contributed by atoms with E-state index in [1.807, 2.05) is 6.07 Å². The highest BCUT2D eigenvalue weighted by atomic mass is 35.5. The van der Waals surface area contributed by atoms with E-state index in [-0.39, 0.29) is 0 Å². The number of nitrogens with zero attached hydrogens (tertiary/aromatic N) is 1. The first-order valence-electron chi connectivity index (χ1n) is 13.1. The Bertz CT molecular complexity index is 1850. The Kier molecular flexibility index (Phi) is 5.72. The fourth-order valence-electron chi connectivity index (χ4n) is 5.63. The van der Waals surface area contributed by atoms with Gasteiger partial charge in [-0.05, 0) is 88.7 Å². The van der Waals surface area contributed by atoms with Gasteiger partial charge in [-0.1, -0.05) is 103 Å². The van der Waals surface area contributed by atoms with Crippen LogP contribution in [0.1, 0.15) is 18.4 Å². The molecule has 1 heterocycles. The largest absolute Gasteiger partial charge is 0.309 e. The van der Waals surface area contributed by atoms with Crippen molar-refractivity contribution in [2.24, 2.45) is 0 Å². The third kappa shape index (κ3) is 4.06. The molecule has 1 aliphatic rings. The van der Waals surface area contributed by atoms with Crippen LogP contribution in [-0.4, -0.2) is 4.57 Å². The molecule has 6 aromatic rings. The predicted octanol–water partition coefficient (Wildman–Crippen LogP) is 10.5. The molecule has 1 nitrogen and oxygen atoms in total. The van der Waals surface area contributed by atoms with Gasteiger partial charge < -0.3 is 4.57 Å². The van der Waals surface area contributed by atoms with Crippen molar-refractivity contribution < 1.29 is 0 Å². The first-order chi connectivity index (χ1) is 18.7. The summed E-state index contributed by atoms with van der Waals surface area (Å²) in [5.41, 5.74) is 11.0. The summed E-state index contributed by atoms with van der Waals surface area (Å²) in [5.74, 6) is 0. The molecule has 0 radical (unpaired) electrons. The fraction of sp³-hybridized carbons (Fsp3) is 0.0556. The van der Waals surface area contributed by atoms with Gasteiger partial charge in [0.05, 0.1) is 11.0 Å². The molecule has 0 aliphatic heterocycles. The van der Waals surface area contributed by atoms with Crippen molar-refractivity contribution >= 4 is 39.0 Å². The highest BCUT2D eigenvalue weighted by molar-refractivity contribution is 6.32. The van der Waals surface area contributed by atoms with E-state index in [1.54, 1.807) is 0 Å². The van der Waals surface area contributed by atoms with Crippen molar-refractivity contribution in [2.75, 3.05) is 0 Å². The monoisotopic (exact) mass is 507 g/mol. The van der Waals surface area contributed by atoms with Gasteiger partial charge in [-0.25, -0.2) is 0 Å². The topological polar surface area (TPSA) is 4.93 Å². The molecule has 182 valence electrons. The van der Waals surface area contributed by atoms with E-state index in [4.69, 9.17) is 11.6 Å². The number of benzene rings is 5. The van der Waals surface area contributed by atoms with Gasteiger partial charge in [0.15, 0.2) is 0 Å². The number of aromatic nitrogens is 1. The third-order valence-corrected chi connectivity index (χ3v) is 7.78. The minimum absolute atomic E-state index is 0.752. The summed E-state index contributed by atoms with van der Waals surface area (Å²) in [7, 11) is 0. The van der Waals surface area contributed by atoms with Crippen LogP contribution < -0.4 is 0 Å². The molecule has 0 N–H and O–H groups in total. The van der Waals surface area contributed by atoms with Gasteiger partial charge >= 0.3 is 0 Å². The molecule has 0 atom stereocenters. The highest BCUT2D eigenvalue weighted by Crippen LogP contribution is 2.37. The van der Waals surface area contributed by atoms with Gasteiger partial charge in [-0.15, -0.1) is 0 Å². The molecule has 0 spiro atoms. The maximum absolute atomic E-state index is 6.46. The lowest BCUT2D eigenvalue weighted by Crippen LogP contribution is -1.94. The Balaban J connectivity index is 1.39. The predicted molar refractivity (Wildman–Crippen MR) is 163 cm³/mol. The van der Waals surface area contributed by atoms with Crippen LogP contribution in [0.25, 0.3) is 55.3 Å². The summed E-state index contributed by atoms with van der Waals surface area (Å²) in [6.07, 6.45) is 8.84. The quantitative estimate of drug-likeness (QED) is 0.223. The molecular formula is C36H26ClN. The Hall–Kier alpha value is -4.33. The van der Waals surface area contributed by atoms with Crippen LogP contribution >= 0.6 is 11.6 Å². The molecule has 0 saturated heterocycles. The summed E-state index contributed by atoms with van der Waals surface area (Å²) >= 11 is 6.46. The van der Waals surface area contributed by atoms with Gasteiger partial charge in [-0.3, -0.25) is 0 Å². The molecule has 1 aromatic heterocycles. The van der Waals surface area contributed by atoms with Crippen LogP contribution in [0.3, 0.4) is 0 Å². The second-order valence-corrected chi connectivity index (χ2v) is 10.3. The summed E-state index contributed by atoms with van der Waals surface area (Å²) in [5, 5.41) is 3.12. The molecule has 0 saturated carbocycles. The number of rotatable bonds is 4. The Morgan fingerprint density at radius 2 is 1.29 bits per heavy atom. The number of halogens is 1. The Morgan fingerprint density at radius 3 is 2.11 bits per heavy atom. The normalized spacial score (nSPS) is 13.2. The van der Waals surface area contributed by atoms with E-state index >= 15 is 0 Å². The molecule has 0 bridgehead atoms. The molecule has 0 fully saturated rings. The molecule has 38 heavy (non-hydrogen) atoms. The lowest BCUT2D eigenvalue weighted by Gasteiger charge is -2.12. The maximum atomic E-state index is 6.46. The van der Waals surface area contributed by atoms with Crippen LogP contribution in [0.4, 0.5) is 0 Å². The van der Waals surface area contributed by atoms with E-state index in [1.165, 1.54) is 49.7 Å².